The summed E-state index contributed by atoms with van der Waals surface area (Å²) in [5.41, 5.74) is 1.83. The minimum Gasteiger partial charge on any atom is -0.493 e. The van der Waals surface area contributed by atoms with Crippen molar-refractivity contribution >= 4 is 5.91 Å². The van der Waals surface area contributed by atoms with E-state index in [1.807, 2.05) is 48.2 Å². The summed E-state index contributed by atoms with van der Waals surface area (Å²) >= 11 is 0. The first-order valence-corrected chi connectivity index (χ1v) is 10.1. The smallest absolute Gasteiger partial charge is 0.222 e. The van der Waals surface area contributed by atoms with Crippen molar-refractivity contribution in [3.8, 4) is 5.75 Å². The number of para-hydroxylation sites is 1. The number of carbonyl (C=O) groups is 1. The third-order valence-corrected chi connectivity index (χ3v) is 5.18. The number of hydrogen-bond acceptors (Lipinski definition) is 3. The Labute approximate surface area is 166 Å². The fourth-order valence-electron chi connectivity index (χ4n) is 3.53. The molecule has 0 radical (unpaired) electrons. The van der Waals surface area contributed by atoms with E-state index in [0.717, 1.165) is 42.9 Å². The first kappa shape index (κ1) is 20.3. The third kappa shape index (κ3) is 5.80. The molecule has 0 saturated carbocycles. The Hall–Kier alpha value is -2.40. The molecule has 0 aliphatic carbocycles. The number of benzene rings is 2. The van der Waals surface area contributed by atoms with Crippen molar-refractivity contribution in [2.75, 3.05) is 32.8 Å². The molecule has 0 unspecified atom stereocenters. The van der Waals surface area contributed by atoms with Crippen molar-refractivity contribution in [3.05, 3.63) is 65.5 Å². The van der Waals surface area contributed by atoms with E-state index >= 15 is 0 Å². The number of hydrogen-bond donors (Lipinski definition) is 0. The van der Waals surface area contributed by atoms with E-state index in [4.69, 9.17) is 4.74 Å². The lowest BCUT2D eigenvalue weighted by molar-refractivity contribution is -0.131. The van der Waals surface area contributed by atoms with Crippen molar-refractivity contribution < 1.29 is 13.9 Å². The lowest BCUT2D eigenvalue weighted by Crippen LogP contribution is -2.35. The minimum atomic E-state index is -0.159. The lowest BCUT2D eigenvalue weighted by Gasteiger charge is -2.22. The Bertz CT molecular complexity index is 781. The van der Waals surface area contributed by atoms with Gasteiger partial charge in [0.1, 0.15) is 11.6 Å². The molecule has 2 aromatic rings. The Morgan fingerprint density at radius 2 is 1.82 bits per heavy atom. The Morgan fingerprint density at radius 1 is 1.04 bits per heavy atom. The zero-order valence-corrected chi connectivity index (χ0v) is 16.6. The maximum absolute atomic E-state index is 13.9. The van der Waals surface area contributed by atoms with Crippen molar-refractivity contribution in [2.24, 2.45) is 0 Å². The van der Waals surface area contributed by atoms with Gasteiger partial charge in [-0.3, -0.25) is 9.69 Å². The zero-order valence-electron chi connectivity index (χ0n) is 16.6. The largest absolute Gasteiger partial charge is 0.493 e. The second kappa shape index (κ2) is 10.2. The second-order valence-corrected chi connectivity index (χ2v) is 7.32. The van der Waals surface area contributed by atoms with E-state index in [2.05, 4.69) is 4.90 Å². The summed E-state index contributed by atoms with van der Waals surface area (Å²) in [5.74, 6) is 0.906. The molecule has 4 nitrogen and oxygen atoms in total. The number of nitrogens with zero attached hydrogens (tertiary/aromatic N) is 2. The zero-order chi connectivity index (χ0) is 19.8. The average molecular weight is 384 g/mol. The molecule has 0 spiro atoms. The van der Waals surface area contributed by atoms with Crippen LogP contribution in [0.15, 0.2) is 48.5 Å². The number of rotatable bonds is 7. The first-order valence-electron chi connectivity index (χ1n) is 10.1. The molecule has 2 aromatic carbocycles. The molecular formula is C23H29FN2O2. The Kier molecular flexibility index (Phi) is 7.43. The maximum Gasteiger partial charge on any atom is 0.222 e. The highest BCUT2D eigenvalue weighted by Gasteiger charge is 2.19. The number of ether oxygens (including phenoxy) is 1. The van der Waals surface area contributed by atoms with E-state index in [1.54, 1.807) is 6.07 Å². The molecule has 1 aliphatic heterocycles. The van der Waals surface area contributed by atoms with Gasteiger partial charge in [-0.05, 0) is 37.5 Å². The van der Waals surface area contributed by atoms with E-state index in [0.29, 0.717) is 32.5 Å². The summed E-state index contributed by atoms with van der Waals surface area (Å²) in [4.78, 5) is 16.7. The topological polar surface area (TPSA) is 32.8 Å². The third-order valence-electron chi connectivity index (χ3n) is 5.18. The van der Waals surface area contributed by atoms with E-state index in [9.17, 15) is 9.18 Å². The fraction of sp³-hybridized carbons (Fsp3) is 0.435. The lowest BCUT2D eigenvalue weighted by atomic mass is 10.2. The number of aryl methyl sites for hydroxylation is 1. The monoisotopic (exact) mass is 384 g/mol. The molecule has 0 bridgehead atoms. The summed E-state index contributed by atoms with van der Waals surface area (Å²) < 4.78 is 19.6. The summed E-state index contributed by atoms with van der Waals surface area (Å²) in [7, 11) is 0. The molecule has 1 fully saturated rings. The van der Waals surface area contributed by atoms with Crippen molar-refractivity contribution in [1.82, 2.24) is 9.80 Å². The standard InChI is InChI=1S/C23H29FN2O2/c1-19-8-2-5-11-22(19)28-17-6-12-23(27)26-14-7-13-25(15-16-26)18-20-9-3-4-10-21(20)24/h2-5,8-11H,6-7,12-18H2,1H3. The molecule has 0 aromatic heterocycles. The maximum atomic E-state index is 13.9. The molecule has 1 saturated heterocycles. The van der Waals surface area contributed by atoms with Crippen LogP contribution in [0.1, 0.15) is 30.4 Å². The molecule has 1 amide bonds. The van der Waals surface area contributed by atoms with Crippen LogP contribution in [0.4, 0.5) is 4.39 Å². The minimum absolute atomic E-state index is 0.159. The van der Waals surface area contributed by atoms with Gasteiger partial charge >= 0.3 is 0 Å². The first-order chi connectivity index (χ1) is 13.6. The van der Waals surface area contributed by atoms with Crippen LogP contribution < -0.4 is 4.74 Å². The van der Waals surface area contributed by atoms with Gasteiger partial charge in [0, 0.05) is 44.7 Å². The summed E-state index contributed by atoms with van der Waals surface area (Å²) in [6.45, 7) is 6.29. The molecule has 5 heteroatoms. The highest BCUT2D eigenvalue weighted by molar-refractivity contribution is 5.76. The van der Waals surface area contributed by atoms with Crippen molar-refractivity contribution in [2.45, 2.75) is 32.7 Å². The molecule has 150 valence electrons. The van der Waals surface area contributed by atoms with E-state index in [1.165, 1.54) is 6.07 Å². The predicted molar refractivity (Wildman–Crippen MR) is 109 cm³/mol. The van der Waals surface area contributed by atoms with Crippen LogP contribution in [0.2, 0.25) is 0 Å². The number of halogens is 1. The molecule has 1 aliphatic rings. The van der Waals surface area contributed by atoms with Gasteiger partial charge in [0.15, 0.2) is 0 Å². The highest BCUT2D eigenvalue weighted by atomic mass is 19.1. The van der Waals surface area contributed by atoms with Gasteiger partial charge in [-0.15, -0.1) is 0 Å². The quantitative estimate of drug-likeness (QED) is 0.676. The van der Waals surface area contributed by atoms with Gasteiger partial charge in [0.2, 0.25) is 5.91 Å². The number of amides is 1. The van der Waals surface area contributed by atoms with Gasteiger partial charge in [-0.25, -0.2) is 4.39 Å². The van der Waals surface area contributed by atoms with Gasteiger partial charge in [-0.2, -0.15) is 0 Å². The highest BCUT2D eigenvalue weighted by Crippen LogP contribution is 2.17. The predicted octanol–water partition coefficient (Wildman–Crippen LogP) is 4.03. The summed E-state index contributed by atoms with van der Waals surface area (Å²) in [6, 6.07) is 14.8. The van der Waals surface area contributed by atoms with E-state index in [-0.39, 0.29) is 11.7 Å². The van der Waals surface area contributed by atoms with Crippen LogP contribution in [-0.4, -0.2) is 48.5 Å². The van der Waals surface area contributed by atoms with E-state index < -0.39 is 0 Å². The molecule has 3 rings (SSSR count). The van der Waals surface area contributed by atoms with Crippen LogP contribution in [0.25, 0.3) is 0 Å². The molecule has 0 atom stereocenters. The van der Waals surface area contributed by atoms with Crippen LogP contribution in [-0.2, 0) is 11.3 Å². The van der Waals surface area contributed by atoms with Gasteiger partial charge in [-0.1, -0.05) is 36.4 Å². The van der Waals surface area contributed by atoms with Crippen molar-refractivity contribution in [1.29, 1.82) is 0 Å². The normalized spacial score (nSPS) is 15.3. The van der Waals surface area contributed by atoms with Crippen LogP contribution in [0.5, 0.6) is 5.75 Å². The molecular weight excluding hydrogens is 355 g/mol. The molecule has 28 heavy (non-hydrogen) atoms. The van der Waals surface area contributed by atoms with Crippen LogP contribution >= 0.6 is 0 Å². The summed E-state index contributed by atoms with van der Waals surface area (Å²) in [6.07, 6.45) is 2.13. The Morgan fingerprint density at radius 3 is 2.64 bits per heavy atom. The summed E-state index contributed by atoms with van der Waals surface area (Å²) in [5, 5.41) is 0. The van der Waals surface area contributed by atoms with Crippen LogP contribution in [0, 0.1) is 12.7 Å². The molecule has 0 N–H and O–H groups in total. The average Bonchev–Trinajstić information content (AvgIpc) is 2.94. The second-order valence-electron chi connectivity index (χ2n) is 7.32. The van der Waals surface area contributed by atoms with Crippen molar-refractivity contribution in [3.63, 3.8) is 0 Å². The fourth-order valence-corrected chi connectivity index (χ4v) is 3.53. The Balaban J connectivity index is 1.40. The van der Waals surface area contributed by atoms with Gasteiger partial charge in [0.05, 0.1) is 6.61 Å². The van der Waals surface area contributed by atoms with Gasteiger partial charge in [0.25, 0.3) is 0 Å². The SMILES string of the molecule is Cc1ccccc1OCCCC(=O)N1CCCN(Cc2ccccc2F)CC1. The molecule has 1 heterocycles. The van der Waals surface area contributed by atoms with Gasteiger partial charge < -0.3 is 9.64 Å². The van der Waals surface area contributed by atoms with Crippen LogP contribution in [0.3, 0.4) is 0 Å². The number of carbonyl (C=O) groups excluding carboxylic acids is 1.